The fraction of sp³-hybridized carbons (Fsp3) is 0.333. The van der Waals surface area contributed by atoms with Crippen LogP contribution in [0.25, 0.3) is 0 Å². The zero-order valence-electron chi connectivity index (χ0n) is 8.05. The van der Waals surface area contributed by atoms with E-state index in [1.54, 1.807) is 6.92 Å². The molecule has 0 aliphatic rings. The van der Waals surface area contributed by atoms with E-state index in [4.69, 9.17) is 10.0 Å². The van der Waals surface area contributed by atoms with Gasteiger partial charge in [-0.2, -0.15) is 0 Å². The molecule has 76 valence electrons. The normalized spacial score (nSPS) is 12.5. The van der Waals surface area contributed by atoms with Crippen LogP contribution in [0.15, 0.2) is 30.3 Å². The highest BCUT2D eigenvalue weighted by atomic mass is 32.2. The molecular formula is C9H14BNO2S. The number of hydrogen-bond donors (Lipinski definition) is 3. The first-order valence-corrected chi connectivity index (χ1v) is 5.46. The van der Waals surface area contributed by atoms with Gasteiger partial charge in [-0.3, -0.25) is 4.72 Å². The molecule has 1 aromatic rings. The second kappa shape index (κ2) is 6.08. The van der Waals surface area contributed by atoms with Gasteiger partial charge in [-0.15, -0.1) is 0 Å². The molecule has 1 aromatic carbocycles. The molecular weight excluding hydrogens is 197 g/mol. The molecule has 14 heavy (non-hydrogen) atoms. The molecule has 0 aliphatic heterocycles. The smallest absolute Gasteiger partial charge is 0.426 e. The highest BCUT2D eigenvalue weighted by molar-refractivity contribution is 7.96. The van der Waals surface area contributed by atoms with E-state index < -0.39 is 7.12 Å². The third-order valence-electron chi connectivity index (χ3n) is 1.80. The monoisotopic (exact) mass is 211 g/mol. The van der Waals surface area contributed by atoms with Gasteiger partial charge in [-0.05, 0) is 5.56 Å². The summed E-state index contributed by atoms with van der Waals surface area (Å²) in [6.07, 6.45) is 0. The molecule has 0 heterocycles. The highest BCUT2D eigenvalue weighted by Gasteiger charge is 2.16. The van der Waals surface area contributed by atoms with Crippen molar-refractivity contribution in [1.82, 2.24) is 4.72 Å². The lowest BCUT2D eigenvalue weighted by atomic mass is 9.82. The van der Waals surface area contributed by atoms with E-state index in [0.29, 0.717) is 0 Å². The van der Waals surface area contributed by atoms with E-state index in [1.807, 2.05) is 30.3 Å². The molecule has 3 nitrogen and oxygen atoms in total. The molecule has 0 fully saturated rings. The SMILES string of the molecule is CC(NSCc1ccccc1)B(O)O. The fourth-order valence-electron chi connectivity index (χ4n) is 0.892. The Morgan fingerprint density at radius 1 is 1.36 bits per heavy atom. The number of benzene rings is 1. The van der Waals surface area contributed by atoms with Crippen molar-refractivity contribution in [2.24, 2.45) is 0 Å². The third-order valence-corrected chi connectivity index (χ3v) is 2.81. The summed E-state index contributed by atoms with van der Waals surface area (Å²) in [7, 11) is -1.31. The minimum absolute atomic E-state index is 0.316. The van der Waals surface area contributed by atoms with Gasteiger partial charge in [0.25, 0.3) is 0 Å². The largest absolute Gasteiger partial charge is 0.470 e. The Bertz CT molecular complexity index is 258. The molecule has 3 N–H and O–H groups in total. The number of rotatable bonds is 5. The van der Waals surface area contributed by atoms with E-state index in [1.165, 1.54) is 17.5 Å². The lowest BCUT2D eigenvalue weighted by molar-refractivity contribution is 0.388. The average Bonchev–Trinajstić information content (AvgIpc) is 2.19. The van der Waals surface area contributed by atoms with E-state index in [-0.39, 0.29) is 5.94 Å². The highest BCUT2D eigenvalue weighted by Crippen LogP contribution is 2.09. The molecule has 0 radical (unpaired) electrons. The van der Waals surface area contributed by atoms with Crippen molar-refractivity contribution >= 4 is 19.1 Å². The summed E-state index contributed by atoms with van der Waals surface area (Å²) in [5, 5.41) is 17.6. The van der Waals surface area contributed by atoms with Crippen molar-refractivity contribution in [2.45, 2.75) is 18.6 Å². The van der Waals surface area contributed by atoms with E-state index >= 15 is 0 Å². The van der Waals surface area contributed by atoms with Crippen molar-refractivity contribution in [3.8, 4) is 0 Å². The molecule has 0 saturated carbocycles. The molecule has 0 bridgehead atoms. The lowest BCUT2D eigenvalue weighted by Crippen LogP contribution is -2.37. The van der Waals surface area contributed by atoms with Gasteiger partial charge in [0, 0.05) is 11.7 Å². The van der Waals surface area contributed by atoms with Gasteiger partial charge in [-0.25, -0.2) is 0 Å². The Balaban J connectivity index is 2.22. The molecule has 5 heteroatoms. The van der Waals surface area contributed by atoms with Crippen molar-refractivity contribution in [3.05, 3.63) is 35.9 Å². The van der Waals surface area contributed by atoms with Gasteiger partial charge in [0.2, 0.25) is 0 Å². The summed E-state index contributed by atoms with van der Waals surface area (Å²) in [6, 6.07) is 10.0. The summed E-state index contributed by atoms with van der Waals surface area (Å²) in [5.74, 6) is 0.501. The maximum absolute atomic E-state index is 8.80. The van der Waals surface area contributed by atoms with Crippen LogP contribution in [-0.2, 0) is 5.75 Å². The molecule has 0 spiro atoms. The number of nitrogens with one attached hydrogen (secondary N) is 1. The van der Waals surface area contributed by atoms with Crippen LogP contribution in [0.1, 0.15) is 12.5 Å². The topological polar surface area (TPSA) is 52.5 Å². The third kappa shape index (κ3) is 4.15. The standard InChI is InChI=1S/C9H14BNO2S/c1-8(10(12)13)11-14-7-9-5-3-2-4-6-9/h2-6,8,11-13H,7H2,1H3. The Morgan fingerprint density at radius 2 is 2.00 bits per heavy atom. The number of hydrogen-bond acceptors (Lipinski definition) is 4. The predicted octanol–water partition coefficient (Wildman–Crippen LogP) is 0.825. The second-order valence-electron chi connectivity index (χ2n) is 3.09. The van der Waals surface area contributed by atoms with Crippen molar-refractivity contribution < 1.29 is 10.0 Å². The zero-order valence-corrected chi connectivity index (χ0v) is 8.87. The van der Waals surface area contributed by atoms with Crippen LogP contribution >= 0.6 is 11.9 Å². The summed E-state index contributed by atoms with van der Waals surface area (Å²) in [6.45, 7) is 1.72. The van der Waals surface area contributed by atoms with E-state index in [0.717, 1.165) is 5.75 Å². The maximum atomic E-state index is 8.80. The van der Waals surface area contributed by atoms with Crippen LogP contribution in [0.3, 0.4) is 0 Å². The van der Waals surface area contributed by atoms with E-state index in [9.17, 15) is 0 Å². The zero-order chi connectivity index (χ0) is 10.4. The minimum atomic E-state index is -1.31. The summed E-state index contributed by atoms with van der Waals surface area (Å²) < 4.78 is 2.95. The van der Waals surface area contributed by atoms with Gasteiger partial charge in [0.1, 0.15) is 0 Å². The van der Waals surface area contributed by atoms with Crippen LogP contribution < -0.4 is 4.72 Å². The van der Waals surface area contributed by atoms with Gasteiger partial charge in [-0.1, -0.05) is 49.2 Å². The van der Waals surface area contributed by atoms with Gasteiger partial charge < -0.3 is 10.0 Å². The van der Waals surface area contributed by atoms with Gasteiger partial charge >= 0.3 is 7.12 Å². The van der Waals surface area contributed by atoms with E-state index in [2.05, 4.69) is 4.72 Å². The van der Waals surface area contributed by atoms with Crippen LogP contribution in [0, 0.1) is 0 Å². The van der Waals surface area contributed by atoms with Crippen molar-refractivity contribution in [1.29, 1.82) is 0 Å². The second-order valence-corrected chi connectivity index (χ2v) is 3.91. The molecule has 0 amide bonds. The van der Waals surface area contributed by atoms with Crippen molar-refractivity contribution in [3.63, 3.8) is 0 Å². The van der Waals surface area contributed by atoms with Gasteiger partial charge in [0.15, 0.2) is 0 Å². The summed E-state index contributed by atoms with van der Waals surface area (Å²) >= 11 is 1.47. The first kappa shape index (κ1) is 11.6. The van der Waals surface area contributed by atoms with Gasteiger partial charge in [0.05, 0.1) is 0 Å². The van der Waals surface area contributed by atoms with Crippen LogP contribution in [-0.4, -0.2) is 23.1 Å². The molecule has 0 aliphatic carbocycles. The molecule has 1 unspecified atom stereocenters. The summed E-state index contributed by atoms with van der Waals surface area (Å²) in [4.78, 5) is 0. The molecule has 0 aromatic heterocycles. The van der Waals surface area contributed by atoms with Crippen LogP contribution in [0.2, 0.25) is 0 Å². The quantitative estimate of drug-likeness (QED) is 0.498. The van der Waals surface area contributed by atoms with Crippen LogP contribution in [0.5, 0.6) is 0 Å². The first-order valence-electron chi connectivity index (χ1n) is 4.47. The predicted molar refractivity (Wildman–Crippen MR) is 60.5 cm³/mol. The minimum Gasteiger partial charge on any atom is -0.426 e. The Morgan fingerprint density at radius 3 is 2.57 bits per heavy atom. The fourth-order valence-corrected chi connectivity index (χ4v) is 1.72. The lowest BCUT2D eigenvalue weighted by Gasteiger charge is -2.10. The Hall–Kier alpha value is -0.485. The molecule has 0 saturated heterocycles. The Labute approximate surface area is 88.8 Å². The molecule has 1 atom stereocenters. The average molecular weight is 211 g/mol. The Kier molecular flexibility index (Phi) is 5.04. The maximum Gasteiger partial charge on any atom is 0.470 e. The van der Waals surface area contributed by atoms with Crippen LogP contribution in [0.4, 0.5) is 0 Å². The molecule has 1 rings (SSSR count). The first-order chi connectivity index (χ1) is 6.70. The van der Waals surface area contributed by atoms with Crippen molar-refractivity contribution in [2.75, 3.05) is 0 Å². The summed E-state index contributed by atoms with van der Waals surface area (Å²) in [5.41, 5.74) is 1.21.